The molecule has 0 bridgehead atoms. The van der Waals surface area contributed by atoms with Crippen molar-refractivity contribution in [2.45, 2.75) is 29.8 Å². The Kier molecular flexibility index (Phi) is 4.30. The van der Waals surface area contributed by atoms with E-state index in [4.69, 9.17) is 24.7 Å². The predicted octanol–water partition coefficient (Wildman–Crippen LogP) is -3.67. The van der Waals surface area contributed by atoms with E-state index in [0.717, 1.165) is 0 Å². The van der Waals surface area contributed by atoms with Crippen molar-refractivity contribution in [3.63, 3.8) is 0 Å². The van der Waals surface area contributed by atoms with Crippen molar-refractivity contribution >= 4 is 7.60 Å². The molecule has 0 aromatic rings. The molecule has 0 aliphatic carbocycles. The Hall–Kier alpha value is -0.0900. The van der Waals surface area contributed by atoms with Gasteiger partial charge in [0.15, 0.2) is 11.4 Å². The zero-order valence-corrected chi connectivity index (χ0v) is 9.51. The van der Waals surface area contributed by atoms with Crippen LogP contribution in [0.15, 0.2) is 0 Å². The first kappa shape index (κ1) is 15.0. The number of aliphatic hydroxyl groups excluding tert-OH is 5. The summed E-state index contributed by atoms with van der Waals surface area (Å²) >= 11 is 0. The lowest BCUT2D eigenvalue weighted by molar-refractivity contribution is -0.158. The maximum Gasteiger partial charge on any atom is 0.356 e. The minimum absolute atomic E-state index is 0.742. The highest BCUT2D eigenvalue weighted by atomic mass is 31.2. The minimum atomic E-state index is -5.07. The van der Waals surface area contributed by atoms with Crippen molar-refractivity contribution in [3.05, 3.63) is 0 Å². The van der Waals surface area contributed by atoms with Crippen LogP contribution in [0.1, 0.15) is 0 Å². The topological polar surface area (TPSA) is 168 Å². The van der Waals surface area contributed by atoms with Crippen LogP contribution in [0.25, 0.3) is 0 Å². The highest BCUT2D eigenvalue weighted by Gasteiger charge is 2.62. The molecule has 17 heavy (non-hydrogen) atoms. The zero-order chi connectivity index (χ0) is 13.4. The molecular formula is C7H15O9P. The maximum atomic E-state index is 10.9. The summed E-state index contributed by atoms with van der Waals surface area (Å²) in [5.41, 5.74) is -2.42. The van der Waals surface area contributed by atoms with E-state index in [2.05, 4.69) is 0 Å². The molecular weight excluding hydrogens is 259 g/mol. The van der Waals surface area contributed by atoms with Crippen molar-refractivity contribution in [3.8, 4) is 0 Å². The van der Waals surface area contributed by atoms with E-state index >= 15 is 0 Å². The summed E-state index contributed by atoms with van der Waals surface area (Å²) in [4.78, 5) is 17.6. The van der Waals surface area contributed by atoms with E-state index in [-0.39, 0.29) is 0 Å². The third kappa shape index (κ3) is 2.39. The molecule has 1 aliphatic heterocycles. The molecule has 10 heteroatoms. The Bertz CT molecular complexity index is 316. The van der Waals surface area contributed by atoms with E-state index in [0.29, 0.717) is 0 Å². The number of rotatable bonds is 4. The summed E-state index contributed by atoms with van der Waals surface area (Å²) in [5, 5.41) is 46.3. The van der Waals surface area contributed by atoms with Crippen LogP contribution in [0.4, 0.5) is 0 Å². The van der Waals surface area contributed by atoms with Gasteiger partial charge in [-0.25, -0.2) is 0 Å². The van der Waals surface area contributed by atoms with E-state index in [1.807, 2.05) is 0 Å². The molecule has 5 atom stereocenters. The third-order valence-electron chi connectivity index (χ3n) is 2.76. The van der Waals surface area contributed by atoms with Crippen molar-refractivity contribution < 1.29 is 44.6 Å². The fourth-order valence-corrected chi connectivity index (χ4v) is 2.63. The predicted molar refractivity (Wildman–Crippen MR) is 51.8 cm³/mol. The van der Waals surface area contributed by atoms with Crippen molar-refractivity contribution in [1.29, 1.82) is 0 Å². The molecule has 0 saturated carbocycles. The van der Waals surface area contributed by atoms with Gasteiger partial charge in [0.1, 0.15) is 18.3 Å². The van der Waals surface area contributed by atoms with Gasteiger partial charge in [-0.15, -0.1) is 0 Å². The molecule has 1 heterocycles. The van der Waals surface area contributed by atoms with Gasteiger partial charge >= 0.3 is 7.60 Å². The number of hydrogen-bond donors (Lipinski definition) is 7. The quantitative estimate of drug-likeness (QED) is 0.255. The van der Waals surface area contributed by atoms with Crippen LogP contribution in [0.2, 0.25) is 0 Å². The molecule has 1 aliphatic rings. The van der Waals surface area contributed by atoms with Gasteiger partial charge in [-0.05, 0) is 0 Å². The molecule has 1 rings (SSSR count). The lowest BCUT2D eigenvalue weighted by Gasteiger charge is -2.34. The van der Waals surface area contributed by atoms with E-state index in [1.54, 1.807) is 0 Å². The van der Waals surface area contributed by atoms with Gasteiger partial charge in [-0.1, -0.05) is 0 Å². The van der Waals surface area contributed by atoms with Gasteiger partial charge in [0.05, 0.1) is 13.2 Å². The molecule has 0 amide bonds. The molecule has 0 radical (unpaired) electrons. The van der Waals surface area contributed by atoms with Crippen LogP contribution in [-0.2, 0) is 9.30 Å². The average Bonchev–Trinajstić information content (AvgIpc) is 2.51. The van der Waals surface area contributed by atoms with Crippen LogP contribution in [0.5, 0.6) is 0 Å². The molecule has 0 aromatic carbocycles. The summed E-state index contributed by atoms with van der Waals surface area (Å²) in [6.07, 6.45) is -4.96. The summed E-state index contributed by atoms with van der Waals surface area (Å²) < 4.78 is 15.7. The van der Waals surface area contributed by atoms with Crippen molar-refractivity contribution in [1.82, 2.24) is 0 Å². The fraction of sp³-hybridized carbons (Fsp3) is 1.00. The second-order valence-corrected chi connectivity index (χ2v) is 5.52. The molecule has 1 fully saturated rings. The largest absolute Gasteiger partial charge is 0.394 e. The van der Waals surface area contributed by atoms with E-state index in [1.165, 1.54) is 0 Å². The molecule has 9 nitrogen and oxygen atoms in total. The Morgan fingerprint density at radius 3 is 2.12 bits per heavy atom. The van der Waals surface area contributed by atoms with E-state index < -0.39 is 50.6 Å². The molecule has 1 unspecified atom stereocenters. The molecule has 0 spiro atoms. The second-order valence-electron chi connectivity index (χ2n) is 3.85. The van der Waals surface area contributed by atoms with Crippen LogP contribution < -0.4 is 0 Å². The van der Waals surface area contributed by atoms with Gasteiger partial charge in [0, 0.05) is 0 Å². The first-order valence-electron chi connectivity index (χ1n) is 4.69. The average molecular weight is 274 g/mol. The molecule has 1 saturated heterocycles. The van der Waals surface area contributed by atoms with Crippen LogP contribution in [0.3, 0.4) is 0 Å². The zero-order valence-electron chi connectivity index (χ0n) is 8.62. The monoisotopic (exact) mass is 274 g/mol. The van der Waals surface area contributed by atoms with E-state index in [9.17, 15) is 19.9 Å². The van der Waals surface area contributed by atoms with Crippen LogP contribution in [-0.4, -0.2) is 78.3 Å². The van der Waals surface area contributed by atoms with Gasteiger partial charge in [0.25, 0.3) is 0 Å². The summed E-state index contributed by atoms with van der Waals surface area (Å²) in [5.74, 6) is -2.51. The van der Waals surface area contributed by atoms with Crippen molar-refractivity contribution in [2.75, 3.05) is 13.2 Å². The minimum Gasteiger partial charge on any atom is -0.394 e. The van der Waals surface area contributed by atoms with Crippen LogP contribution >= 0.6 is 7.60 Å². The van der Waals surface area contributed by atoms with Gasteiger partial charge in [-0.3, -0.25) is 4.57 Å². The Balaban J connectivity index is 3.09. The number of hydrogen-bond acceptors (Lipinski definition) is 7. The highest BCUT2D eigenvalue weighted by molar-refractivity contribution is 7.52. The molecule has 0 aromatic heterocycles. The summed E-state index contributed by atoms with van der Waals surface area (Å²) in [6.45, 7) is -1.87. The van der Waals surface area contributed by atoms with Crippen molar-refractivity contribution in [2.24, 2.45) is 0 Å². The SMILES string of the molecule is O=P(O)(O)C(O)[C@@]1(CO)O[C@H](CO)[C@@H](O)[C@@H]1O. The lowest BCUT2D eigenvalue weighted by atomic mass is 9.96. The van der Waals surface area contributed by atoms with Gasteiger partial charge < -0.3 is 40.1 Å². The third-order valence-corrected chi connectivity index (χ3v) is 3.83. The highest BCUT2D eigenvalue weighted by Crippen LogP contribution is 2.50. The Labute approximate surface area is 96.1 Å². The summed E-state index contributed by atoms with van der Waals surface area (Å²) in [6, 6.07) is 0. The first-order valence-corrected chi connectivity index (χ1v) is 6.38. The molecule has 7 N–H and O–H groups in total. The van der Waals surface area contributed by atoms with Gasteiger partial charge in [-0.2, -0.15) is 0 Å². The summed E-state index contributed by atoms with van der Waals surface area (Å²) in [7, 11) is -5.07. The standard InChI is InChI=1S/C7H15O9P/c8-1-3-4(10)5(11)7(2-9,16-3)6(12)17(13,14)15/h3-6,8-12H,1-2H2,(H2,13,14,15)/t3-,4-,5+,6?,7+/m1/s1. The fourth-order valence-electron chi connectivity index (χ4n) is 1.77. The normalized spacial score (nSPS) is 40.5. The number of aliphatic hydroxyl groups is 5. The lowest BCUT2D eigenvalue weighted by Crippen LogP contribution is -2.55. The Morgan fingerprint density at radius 1 is 1.29 bits per heavy atom. The first-order chi connectivity index (χ1) is 7.70. The Morgan fingerprint density at radius 2 is 1.82 bits per heavy atom. The maximum absolute atomic E-state index is 10.9. The second kappa shape index (κ2) is 4.88. The molecule has 102 valence electrons. The van der Waals surface area contributed by atoms with Crippen LogP contribution in [0, 0.1) is 0 Å². The van der Waals surface area contributed by atoms with Gasteiger partial charge in [0.2, 0.25) is 0 Å². The number of ether oxygens (including phenoxy) is 1. The smallest absolute Gasteiger partial charge is 0.356 e.